The lowest BCUT2D eigenvalue weighted by molar-refractivity contribution is -0.137. The van der Waals surface area contributed by atoms with Gasteiger partial charge in [0.15, 0.2) is 0 Å². The molecule has 1 nitrogen and oxygen atoms in total. The highest BCUT2D eigenvalue weighted by molar-refractivity contribution is 9.10. The van der Waals surface area contributed by atoms with Crippen molar-refractivity contribution in [3.05, 3.63) is 33.8 Å². The highest BCUT2D eigenvalue weighted by Gasteiger charge is 2.31. The van der Waals surface area contributed by atoms with Crippen LogP contribution in [0.1, 0.15) is 31.0 Å². The van der Waals surface area contributed by atoms with Crippen molar-refractivity contribution in [2.24, 2.45) is 11.7 Å². The van der Waals surface area contributed by atoms with Gasteiger partial charge in [0.1, 0.15) is 0 Å². The van der Waals surface area contributed by atoms with E-state index >= 15 is 0 Å². The predicted molar refractivity (Wildman–Crippen MR) is 60.9 cm³/mol. The van der Waals surface area contributed by atoms with Gasteiger partial charge < -0.3 is 5.73 Å². The van der Waals surface area contributed by atoms with Crippen LogP contribution >= 0.6 is 15.9 Å². The molecule has 2 N–H and O–H groups in total. The molecule has 0 aliphatic carbocycles. The number of halogens is 4. The lowest BCUT2D eigenvalue weighted by atomic mass is 9.95. The molecule has 0 saturated heterocycles. The van der Waals surface area contributed by atoms with E-state index in [0.717, 1.165) is 12.1 Å². The molecule has 5 heteroatoms. The van der Waals surface area contributed by atoms with Gasteiger partial charge in [0.25, 0.3) is 0 Å². The van der Waals surface area contributed by atoms with Crippen molar-refractivity contribution in [2.75, 3.05) is 0 Å². The second-order valence-electron chi connectivity index (χ2n) is 4.00. The van der Waals surface area contributed by atoms with Crippen molar-refractivity contribution in [2.45, 2.75) is 26.1 Å². The van der Waals surface area contributed by atoms with Gasteiger partial charge in [0.2, 0.25) is 0 Å². The van der Waals surface area contributed by atoms with Crippen molar-refractivity contribution in [1.82, 2.24) is 0 Å². The third-order valence-electron chi connectivity index (χ3n) is 2.40. The summed E-state index contributed by atoms with van der Waals surface area (Å²) in [6, 6.07) is 3.13. The van der Waals surface area contributed by atoms with E-state index < -0.39 is 17.8 Å². The first-order valence-corrected chi connectivity index (χ1v) is 5.65. The minimum absolute atomic E-state index is 0.0831. The van der Waals surface area contributed by atoms with Crippen LogP contribution < -0.4 is 5.73 Å². The van der Waals surface area contributed by atoms with E-state index in [9.17, 15) is 13.2 Å². The molecule has 0 radical (unpaired) electrons. The van der Waals surface area contributed by atoms with Crippen LogP contribution in [-0.2, 0) is 6.18 Å². The predicted octanol–water partition coefficient (Wildman–Crippen LogP) is 4.12. The quantitative estimate of drug-likeness (QED) is 0.872. The molecule has 0 heterocycles. The summed E-state index contributed by atoms with van der Waals surface area (Å²) < 4.78 is 38.1. The molecule has 0 aromatic heterocycles. The Morgan fingerprint density at radius 2 is 1.81 bits per heavy atom. The molecular weight excluding hydrogens is 283 g/mol. The van der Waals surface area contributed by atoms with Crippen molar-refractivity contribution >= 4 is 15.9 Å². The third-order valence-corrected chi connectivity index (χ3v) is 3.12. The molecule has 0 amide bonds. The van der Waals surface area contributed by atoms with Crippen LogP contribution in [0.3, 0.4) is 0 Å². The molecular formula is C11H13BrF3N. The normalized spacial score (nSPS) is 14.2. The number of rotatable bonds is 2. The largest absolute Gasteiger partial charge is 0.416 e. The average molecular weight is 296 g/mol. The van der Waals surface area contributed by atoms with Crippen LogP contribution in [0.4, 0.5) is 13.2 Å². The molecule has 0 spiro atoms. The first-order valence-electron chi connectivity index (χ1n) is 4.85. The maximum Gasteiger partial charge on any atom is 0.416 e. The molecule has 0 bridgehead atoms. The monoisotopic (exact) mass is 295 g/mol. The van der Waals surface area contributed by atoms with E-state index in [1.165, 1.54) is 6.07 Å². The summed E-state index contributed by atoms with van der Waals surface area (Å²) in [7, 11) is 0. The Bertz CT molecular complexity index is 374. The Morgan fingerprint density at radius 3 is 2.25 bits per heavy atom. The Hall–Kier alpha value is -0.550. The van der Waals surface area contributed by atoms with Crippen molar-refractivity contribution in [1.29, 1.82) is 0 Å². The standard InChI is InChI=1S/C11H13BrF3N/c1-6(2)10(16)8-5-7(11(13,14)15)3-4-9(8)12/h3-6,10H,16H2,1-2H3. The third kappa shape index (κ3) is 2.98. The highest BCUT2D eigenvalue weighted by atomic mass is 79.9. The van der Waals surface area contributed by atoms with Crippen molar-refractivity contribution in [3.8, 4) is 0 Å². The molecule has 0 aliphatic heterocycles. The minimum atomic E-state index is -4.33. The first-order chi connectivity index (χ1) is 7.23. The van der Waals surface area contributed by atoms with Crippen LogP contribution in [0, 0.1) is 5.92 Å². The van der Waals surface area contributed by atoms with Crippen LogP contribution in [-0.4, -0.2) is 0 Å². The van der Waals surface area contributed by atoms with Gasteiger partial charge in [0.05, 0.1) is 5.56 Å². The van der Waals surface area contributed by atoms with Gasteiger partial charge in [0, 0.05) is 10.5 Å². The Kier molecular flexibility index (Phi) is 4.02. The Labute approximate surface area is 101 Å². The summed E-state index contributed by atoms with van der Waals surface area (Å²) in [5, 5.41) is 0. The van der Waals surface area contributed by atoms with E-state index in [2.05, 4.69) is 15.9 Å². The van der Waals surface area contributed by atoms with Crippen LogP contribution in [0.2, 0.25) is 0 Å². The highest BCUT2D eigenvalue weighted by Crippen LogP contribution is 2.34. The van der Waals surface area contributed by atoms with E-state index in [1.54, 1.807) is 0 Å². The molecule has 0 aliphatic rings. The maximum absolute atomic E-state index is 12.5. The second-order valence-corrected chi connectivity index (χ2v) is 4.86. The summed E-state index contributed by atoms with van der Waals surface area (Å²) in [6.45, 7) is 3.74. The lowest BCUT2D eigenvalue weighted by Crippen LogP contribution is -2.18. The van der Waals surface area contributed by atoms with E-state index in [4.69, 9.17) is 5.73 Å². The zero-order valence-electron chi connectivity index (χ0n) is 8.98. The zero-order valence-corrected chi connectivity index (χ0v) is 10.6. The van der Waals surface area contributed by atoms with Gasteiger partial charge >= 0.3 is 6.18 Å². The molecule has 1 rings (SSSR count). The van der Waals surface area contributed by atoms with Gasteiger partial charge in [-0.15, -0.1) is 0 Å². The smallest absolute Gasteiger partial charge is 0.324 e. The van der Waals surface area contributed by atoms with Gasteiger partial charge in [-0.2, -0.15) is 13.2 Å². The van der Waals surface area contributed by atoms with E-state index in [0.29, 0.717) is 10.0 Å². The van der Waals surface area contributed by atoms with Crippen LogP contribution in [0.5, 0.6) is 0 Å². The number of hydrogen-bond acceptors (Lipinski definition) is 1. The zero-order chi connectivity index (χ0) is 12.5. The Morgan fingerprint density at radius 1 is 1.25 bits per heavy atom. The van der Waals surface area contributed by atoms with Gasteiger partial charge in [-0.1, -0.05) is 29.8 Å². The number of nitrogens with two attached hydrogens (primary N) is 1. The fourth-order valence-corrected chi connectivity index (χ4v) is 1.85. The first kappa shape index (κ1) is 13.5. The SMILES string of the molecule is CC(C)C(N)c1cc(C(F)(F)F)ccc1Br. The second kappa shape index (κ2) is 4.75. The molecule has 1 unspecified atom stereocenters. The molecule has 1 atom stereocenters. The van der Waals surface area contributed by atoms with E-state index in [-0.39, 0.29) is 5.92 Å². The summed E-state index contributed by atoms with van der Waals surface area (Å²) in [5.74, 6) is 0.0831. The summed E-state index contributed by atoms with van der Waals surface area (Å²) in [4.78, 5) is 0. The molecule has 16 heavy (non-hydrogen) atoms. The molecule has 0 fully saturated rings. The Balaban J connectivity index is 3.19. The minimum Gasteiger partial charge on any atom is -0.324 e. The van der Waals surface area contributed by atoms with Crippen molar-refractivity contribution < 1.29 is 13.2 Å². The van der Waals surface area contributed by atoms with Gasteiger partial charge in [-0.05, 0) is 29.7 Å². The summed E-state index contributed by atoms with van der Waals surface area (Å²) in [6.07, 6.45) is -4.33. The number of benzene rings is 1. The summed E-state index contributed by atoms with van der Waals surface area (Å²) >= 11 is 3.22. The molecule has 1 aromatic carbocycles. The summed E-state index contributed by atoms with van der Waals surface area (Å²) in [5.41, 5.74) is 5.68. The van der Waals surface area contributed by atoms with Gasteiger partial charge in [-0.3, -0.25) is 0 Å². The molecule has 1 aromatic rings. The molecule has 0 saturated carbocycles. The molecule has 90 valence electrons. The van der Waals surface area contributed by atoms with E-state index in [1.807, 2.05) is 13.8 Å². The van der Waals surface area contributed by atoms with Gasteiger partial charge in [-0.25, -0.2) is 0 Å². The maximum atomic E-state index is 12.5. The fraction of sp³-hybridized carbons (Fsp3) is 0.455. The fourth-order valence-electron chi connectivity index (χ4n) is 1.33. The number of hydrogen-bond donors (Lipinski definition) is 1. The average Bonchev–Trinajstić information content (AvgIpc) is 2.15. The van der Waals surface area contributed by atoms with Crippen molar-refractivity contribution in [3.63, 3.8) is 0 Å². The van der Waals surface area contributed by atoms with Crippen LogP contribution in [0.15, 0.2) is 22.7 Å². The van der Waals surface area contributed by atoms with Crippen LogP contribution in [0.25, 0.3) is 0 Å². The lowest BCUT2D eigenvalue weighted by Gasteiger charge is -2.19. The topological polar surface area (TPSA) is 26.0 Å². The number of alkyl halides is 3.